The average Bonchev–Trinajstić information content (AvgIpc) is 2.81. The third-order valence-electron chi connectivity index (χ3n) is 2.80. The van der Waals surface area contributed by atoms with Crippen LogP contribution in [0.1, 0.15) is 16.9 Å². The number of furan rings is 1. The Kier molecular flexibility index (Phi) is 3.67. The van der Waals surface area contributed by atoms with Crippen molar-refractivity contribution >= 4 is 22.9 Å². The lowest BCUT2D eigenvalue weighted by atomic mass is 10.1. The molecule has 0 amide bonds. The summed E-state index contributed by atoms with van der Waals surface area (Å²) in [6.45, 7) is 2.74. The predicted molar refractivity (Wildman–Crippen MR) is 77.9 cm³/mol. The van der Waals surface area contributed by atoms with Crippen LogP contribution in [0.15, 0.2) is 41.0 Å². The van der Waals surface area contributed by atoms with Gasteiger partial charge in [0.05, 0.1) is 12.8 Å². The second-order valence-corrected chi connectivity index (χ2v) is 4.76. The summed E-state index contributed by atoms with van der Waals surface area (Å²) in [5.41, 5.74) is 8.85. The molecule has 3 nitrogen and oxygen atoms in total. The van der Waals surface area contributed by atoms with E-state index >= 15 is 0 Å². The maximum atomic E-state index is 5.76. The molecule has 2 N–H and O–H groups in total. The minimum atomic E-state index is 0.413. The maximum Gasteiger partial charge on any atom is 0.123 e. The number of hydrogen-bond donors (Lipinski definition) is 1. The highest BCUT2D eigenvalue weighted by Gasteiger charge is 2.11. The van der Waals surface area contributed by atoms with Crippen molar-refractivity contribution in [2.24, 2.45) is 5.73 Å². The molecule has 0 bridgehead atoms. The van der Waals surface area contributed by atoms with Crippen LogP contribution in [-0.2, 0) is 6.54 Å². The van der Waals surface area contributed by atoms with Crippen LogP contribution >= 0.6 is 12.2 Å². The number of thiocarbonyl (C=S) groups is 1. The molecule has 0 fully saturated rings. The van der Waals surface area contributed by atoms with Gasteiger partial charge in [-0.15, -0.1) is 0 Å². The van der Waals surface area contributed by atoms with E-state index in [4.69, 9.17) is 22.4 Å². The Hall–Kier alpha value is -1.81. The zero-order valence-corrected chi connectivity index (χ0v) is 11.3. The average molecular weight is 260 g/mol. The summed E-state index contributed by atoms with van der Waals surface area (Å²) in [4.78, 5) is 2.50. The van der Waals surface area contributed by atoms with Crippen LogP contribution in [0.4, 0.5) is 5.69 Å². The van der Waals surface area contributed by atoms with Crippen LogP contribution in [0.5, 0.6) is 0 Å². The van der Waals surface area contributed by atoms with Crippen molar-refractivity contribution < 1.29 is 4.42 Å². The molecule has 2 rings (SSSR count). The molecule has 4 heteroatoms. The van der Waals surface area contributed by atoms with E-state index in [-0.39, 0.29) is 0 Å². The van der Waals surface area contributed by atoms with Gasteiger partial charge in [-0.25, -0.2) is 0 Å². The van der Waals surface area contributed by atoms with Crippen molar-refractivity contribution in [2.45, 2.75) is 13.5 Å². The zero-order chi connectivity index (χ0) is 13.1. The minimum Gasteiger partial charge on any atom is -0.467 e. The van der Waals surface area contributed by atoms with Gasteiger partial charge in [0.1, 0.15) is 10.7 Å². The Morgan fingerprint density at radius 2 is 2.17 bits per heavy atom. The van der Waals surface area contributed by atoms with Crippen molar-refractivity contribution in [3.8, 4) is 0 Å². The van der Waals surface area contributed by atoms with Crippen molar-refractivity contribution in [3.05, 3.63) is 53.5 Å². The first kappa shape index (κ1) is 12.6. The Morgan fingerprint density at radius 3 is 2.78 bits per heavy atom. The molecule has 0 saturated carbocycles. The van der Waals surface area contributed by atoms with Gasteiger partial charge >= 0.3 is 0 Å². The summed E-state index contributed by atoms with van der Waals surface area (Å²) in [6, 6.07) is 9.89. The van der Waals surface area contributed by atoms with Crippen LogP contribution < -0.4 is 10.6 Å². The molecule has 0 aliphatic carbocycles. The highest BCUT2D eigenvalue weighted by atomic mass is 32.1. The van der Waals surface area contributed by atoms with Crippen molar-refractivity contribution in [2.75, 3.05) is 11.9 Å². The maximum absolute atomic E-state index is 5.76. The summed E-state index contributed by atoms with van der Waals surface area (Å²) < 4.78 is 5.35. The van der Waals surface area contributed by atoms with Crippen molar-refractivity contribution in [3.63, 3.8) is 0 Å². The fourth-order valence-corrected chi connectivity index (χ4v) is 2.06. The summed E-state index contributed by atoms with van der Waals surface area (Å²) in [6.07, 6.45) is 1.67. The number of nitrogens with zero attached hydrogens (tertiary/aromatic N) is 1. The van der Waals surface area contributed by atoms with Crippen LogP contribution in [0.2, 0.25) is 0 Å². The van der Waals surface area contributed by atoms with Gasteiger partial charge in [0.15, 0.2) is 0 Å². The van der Waals surface area contributed by atoms with Gasteiger partial charge in [-0.3, -0.25) is 0 Å². The lowest BCUT2D eigenvalue weighted by Gasteiger charge is -2.21. The van der Waals surface area contributed by atoms with Crippen LogP contribution in [0.3, 0.4) is 0 Å². The van der Waals surface area contributed by atoms with Crippen LogP contribution in [0, 0.1) is 6.92 Å². The normalized spacial score (nSPS) is 10.3. The van der Waals surface area contributed by atoms with Gasteiger partial charge in [-0.1, -0.05) is 18.3 Å². The van der Waals surface area contributed by atoms with Gasteiger partial charge in [-0.2, -0.15) is 0 Å². The van der Waals surface area contributed by atoms with E-state index in [9.17, 15) is 0 Å². The first-order chi connectivity index (χ1) is 8.58. The molecule has 0 atom stereocenters. The van der Waals surface area contributed by atoms with E-state index in [1.807, 2.05) is 38.2 Å². The largest absolute Gasteiger partial charge is 0.467 e. The van der Waals surface area contributed by atoms with Crippen LogP contribution in [-0.4, -0.2) is 12.0 Å². The van der Waals surface area contributed by atoms with E-state index in [1.165, 1.54) is 5.56 Å². The first-order valence-corrected chi connectivity index (χ1v) is 6.12. The molecule has 94 valence electrons. The molecule has 1 aromatic heterocycles. The van der Waals surface area contributed by atoms with Crippen LogP contribution in [0.25, 0.3) is 0 Å². The molecule has 1 heterocycles. The minimum absolute atomic E-state index is 0.413. The predicted octanol–water partition coefficient (Wildman–Crippen LogP) is 2.86. The van der Waals surface area contributed by atoms with E-state index in [2.05, 4.69) is 11.0 Å². The summed E-state index contributed by atoms with van der Waals surface area (Å²) >= 11 is 5.09. The summed E-state index contributed by atoms with van der Waals surface area (Å²) in [7, 11) is 2.00. The Labute approximate surface area is 112 Å². The molecule has 18 heavy (non-hydrogen) atoms. The third-order valence-corrected chi connectivity index (χ3v) is 3.02. The van der Waals surface area contributed by atoms with Gasteiger partial charge in [0.2, 0.25) is 0 Å². The topological polar surface area (TPSA) is 42.4 Å². The fraction of sp³-hybridized carbons (Fsp3) is 0.214. The monoisotopic (exact) mass is 260 g/mol. The second kappa shape index (κ2) is 5.23. The number of hydrogen-bond acceptors (Lipinski definition) is 3. The zero-order valence-electron chi connectivity index (χ0n) is 10.5. The molecule has 2 aromatic rings. The molecule has 0 radical (unpaired) electrons. The number of benzene rings is 1. The standard InChI is InChI=1S/C14H16N2OS/c1-10-5-6-12(14(15)18)13(8-10)16(2)9-11-4-3-7-17-11/h3-8H,9H2,1-2H3,(H2,15,18). The molecule has 0 saturated heterocycles. The number of anilines is 1. The Bertz CT molecular complexity index is 549. The molecule has 0 aliphatic heterocycles. The van der Waals surface area contributed by atoms with Crippen molar-refractivity contribution in [1.29, 1.82) is 0 Å². The van der Waals surface area contributed by atoms with E-state index in [0.29, 0.717) is 11.5 Å². The molecule has 0 aliphatic rings. The fourth-order valence-electron chi connectivity index (χ4n) is 1.89. The lowest BCUT2D eigenvalue weighted by molar-refractivity contribution is 0.507. The van der Waals surface area contributed by atoms with Gasteiger partial charge in [0.25, 0.3) is 0 Å². The number of nitrogens with two attached hydrogens (primary N) is 1. The first-order valence-electron chi connectivity index (χ1n) is 5.72. The molecule has 0 unspecified atom stereocenters. The Balaban J connectivity index is 2.31. The SMILES string of the molecule is Cc1ccc(C(N)=S)c(N(C)Cc2ccco2)c1. The van der Waals surface area contributed by atoms with Crippen molar-refractivity contribution in [1.82, 2.24) is 0 Å². The highest BCUT2D eigenvalue weighted by Crippen LogP contribution is 2.23. The second-order valence-electron chi connectivity index (χ2n) is 4.32. The molecular weight excluding hydrogens is 244 g/mol. The Morgan fingerprint density at radius 1 is 1.39 bits per heavy atom. The molecule has 0 spiro atoms. The van der Waals surface area contributed by atoms with E-state index in [0.717, 1.165) is 17.0 Å². The number of aryl methyl sites for hydroxylation is 1. The number of rotatable bonds is 4. The highest BCUT2D eigenvalue weighted by molar-refractivity contribution is 7.80. The quantitative estimate of drug-likeness (QED) is 0.858. The molecule has 1 aromatic carbocycles. The summed E-state index contributed by atoms with van der Waals surface area (Å²) in [5, 5.41) is 0. The molecular formula is C14H16N2OS. The van der Waals surface area contributed by atoms with Gasteiger partial charge in [-0.05, 0) is 36.8 Å². The van der Waals surface area contributed by atoms with Gasteiger partial charge in [0, 0.05) is 18.3 Å². The van der Waals surface area contributed by atoms with Gasteiger partial charge < -0.3 is 15.1 Å². The third kappa shape index (κ3) is 2.71. The van der Waals surface area contributed by atoms with E-state index in [1.54, 1.807) is 6.26 Å². The smallest absolute Gasteiger partial charge is 0.123 e. The lowest BCUT2D eigenvalue weighted by Crippen LogP contribution is -2.21. The summed E-state index contributed by atoms with van der Waals surface area (Å²) in [5.74, 6) is 0.910. The van der Waals surface area contributed by atoms with E-state index < -0.39 is 0 Å².